The van der Waals surface area contributed by atoms with Crippen LogP contribution in [0.3, 0.4) is 0 Å². The van der Waals surface area contributed by atoms with Crippen molar-refractivity contribution in [2.75, 3.05) is 20.3 Å². The van der Waals surface area contributed by atoms with E-state index in [4.69, 9.17) is 14.2 Å². The summed E-state index contributed by atoms with van der Waals surface area (Å²) in [7, 11) is 1.64. The molecule has 1 unspecified atom stereocenters. The first-order chi connectivity index (χ1) is 9.70. The zero-order valence-corrected chi connectivity index (χ0v) is 14.0. The van der Waals surface area contributed by atoms with Crippen molar-refractivity contribution in [3.8, 4) is 0 Å². The lowest BCUT2D eigenvalue weighted by molar-refractivity contribution is -0.388. The molecule has 0 aromatic heterocycles. The van der Waals surface area contributed by atoms with E-state index in [1.165, 1.54) is 32.1 Å². The van der Waals surface area contributed by atoms with E-state index in [-0.39, 0.29) is 5.92 Å². The van der Waals surface area contributed by atoms with Crippen molar-refractivity contribution in [2.45, 2.75) is 71.7 Å². The van der Waals surface area contributed by atoms with Crippen LogP contribution in [0.4, 0.5) is 0 Å². The summed E-state index contributed by atoms with van der Waals surface area (Å²) in [6.07, 6.45) is 10.6. The van der Waals surface area contributed by atoms with Gasteiger partial charge in [-0.1, -0.05) is 51.5 Å². The van der Waals surface area contributed by atoms with Crippen LogP contribution in [0, 0.1) is 5.92 Å². The summed E-state index contributed by atoms with van der Waals surface area (Å²) in [6, 6.07) is 0. The highest BCUT2D eigenvalue weighted by atomic mass is 16.9. The van der Waals surface area contributed by atoms with E-state index in [9.17, 15) is 0 Å². The molecule has 0 aromatic rings. The molecule has 0 radical (unpaired) electrons. The second kappa shape index (κ2) is 12.4. The van der Waals surface area contributed by atoms with Gasteiger partial charge in [-0.2, -0.15) is 0 Å². The number of ether oxygens (including phenoxy) is 3. The number of hydrogen-bond donors (Lipinski definition) is 0. The third-order valence-corrected chi connectivity index (χ3v) is 3.58. The van der Waals surface area contributed by atoms with Gasteiger partial charge in [-0.3, -0.25) is 0 Å². The van der Waals surface area contributed by atoms with Gasteiger partial charge in [0.25, 0.3) is 5.97 Å². The summed E-state index contributed by atoms with van der Waals surface area (Å²) < 4.78 is 17.1. The molecule has 20 heavy (non-hydrogen) atoms. The van der Waals surface area contributed by atoms with Crippen molar-refractivity contribution < 1.29 is 14.2 Å². The van der Waals surface area contributed by atoms with Crippen LogP contribution >= 0.6 is 0 Å². The third-order valence-electron chi connectivity index (χ3n) is 3.58. The largest absolute Gasteiger partial charge is 0.330 e. The molecule has 1 atom stereocenters. The molecule has 0 aliphatic rings. The Labute approximate surface area is 125 Å². The quantitative estimate of drug-likeness (QED) is 0.258. The number of hydrogen-bond acceptors (Lipinski definition) is 3. The van der Waals surface area contributed by atoms with Crippen LogP contribution in [-0.2, 0) is 14.2 Å². The average Bonchev–Trinajstić information content (AvgIpc) is 2.46. The van der Waals surface area contributed by atoms with Gasteiger partial charge in [0.05, 0.1) is 5.92 Å². The normalized spacial score (nSPS) is 13.4. The molecule has 0 aromatic carbocycles. The standard InChI is InChI=1S/C17H34O3/c1-6-10-11-12-13-14-15-16(7-2)17(18-5,19-8-3)20-9-4/h7,16H,2,6,8-15H2,1,3-5H3. The minimum absolute atomic E-state index is 0.0681. The minimum Gasteiger partial charge on any atom is -0.330 e. The van der Waals surface area contributed by atoms with Crippen molar-refractivity contribution in [3.05, 3.63) is 12.7 Å². The molecule has 0 fully saturated rings. The van der Waals surface area contributed by atoms with E-state index in [0.29, 0.717) is 13.2 Å². The molecule has 0 heterocycles. The molecular weight excluding hydrogens is 252 g/mol. The Bertz CT molecular complexity index is 222. The maximum Gasteiger partial charge on any atom is 0.289 e. The Morgan fingerprint density at radius 2 is 1.50 bits per heavy atom. The number of unbranched alkanes of at least 4 members (excludes halogenated alkanes) is 5. The summed E-state index contributed by atoms with van der Waals surface area (Å²) >= 11 is 0. The van der Waals surface area contributed by atoms with Gasteiger partial charge < -0.3 is 14.2 Å². The maximum atomic E-state index is 5.75. The zero-order chi connectivity index (χ0) is 15.3. The molecule has 3 nitrogen and oxygen atoms in total. The number of rotatable bonds is 14. The lowest BCUT2D eigenvalue weighted by atomic mass is 9.97. The van der Waals surface area contributed by atoms with Gasteiger partial charge in [-0.05, 0) is 20.3 Å². The molecule has 3 heteroatoms. The molecular formula is C17H34O3. The van der Waals surface area contributed by atoms with E-state index in [0.717, 1.165) is 12.8 Å². The predicted octanol–water partition coefficient (Wildman–Crippen LogP) is 4.91. The molecule has 0 aliphatic carbocycles. The molecule has 0 saturated carbocycles. The van der Waals surface area contributed by atoms with E-state index in [2.05, 4.69) is 13.5 Å². The van der Waals surface area contributed by atoms with Crippen molar-refractivity contribution >= 4 is 0 Å². The highest BCUT2D eigenvalue weighted by Gasteiger charge is 2.39. The third kappa shape index (κ3) is 6.87. The summed E-state index contributed by atoms with van der Waals surface area (Å²) in [5, 5.41) is 0. The van der Waals surface area contributed by atoms with E-state index in [1.54, 1.807) is 7.11 Å². The summed E-state index contributed by atoms with van der Waals surface area (Å²) in [6.45, 7) is 11.2. The molecule has 0 spiro atoms. The van der Waals surface area contributed by atoms with Gasteiger partial charge in [0, 0.05) is 20.3 Å². The molecule has 0 bridgehead atoms. The van der Waals surface area contributed by atoms with Gasteiger partial charge in [0.1, 0.15) is 0 Å². The topological polar surface area (TPSA) is 27.7 Å². The van der Waals surface area contributed by atoms with Gasteiger partial charge >= 0.3 is 0 Å². The molecule has 0 aliphatic heterocycles. The monoisotopic (exact) mass is 286 g/mol. The van der Waals surface area contributed by atoms with Crippen molar-refractivity contribution in [1.29, 1.82) is 0 Å². The number of methoxy groups -OCH3 is 1. The van der Waals surface area contributed by atoms with Crippen LogP contribution in [0.1, 0.15) is 65.7 Å². The van der Waals surface area contributed by atoms with E-state index >= 15 is 0 Å². The lowest BCUT2D eigenvalue weighted by Gasteiger charge is -2.36. The zero-order valence-electron chi connectivity index (χ0n) is 14.0. The fourth-order valence-electron chi connectivity index (χ4n) is 2.51. The molecule has 120 valence electrons. The Balaban J connectivity index is 4.32. The predicted molar refractivity (Wildman–Crippen MR) is 84.7 cm³/mol. The average molecular weight is 286 g/mol. The SMILES string of the molecule is C=CC(CCCCCCCC)C(OC)(OCC)OCC. The highest BCUT2D eigenvalue weighted by molar-refractivity contribution is 4.86. The van der Waals surface area contributed by atoms with E-state index in [1.807, 2.05) is 19.9 Å². The van der Waals surface area contributed by atoms with Crippen LogP contribution < -0.4 is 0 Å². The van der Waals surface area contributed by atoms with Crippen molar-refractivity contribution in [3.63, 3.8) is 0 Å². The van der Waals surface area contributed by atoms with Gasteiger partial charge in [-0.15, -0.1) is 6.58 Å². The van der Waals surface area contributed by atoms with Crippen LogP contribution in [-0.4, -0.2) is 26.3 Å². The van der Waals surface area contributed by atoms with Crippen molar-refractivity contribution in [1.82, 2.24) is 0 Å². The highest BCUT2D eigenvalue weighted by Crippen LogP contribution is 2.30. The maximum absolute atomic E-state index is 5.75. The Morgan fingerprint density at radius 3 is 1.95 bits per heavy atom. The lowest BCUT2D eigenvalue weighted by Crippen LogP contribution is -2.45. The van der Waals surface area contributed by atoms with Gasteiger partial charge in [0.2, 0.25) is 0 Å². The molecule has 0 saturated heterocycles. The Morgan fingerprint density at radius 1 is 0.950 bits per heavy atom. The summed E-state index contributed by atoms with van der Waals surface area (Å²) in [4.78, 5) is 0. The van der Waals surface area contributed by atoms with Gasteiger partial charge in [-0.25, -0.2) is 0 Å². The second-order valence-corrected chi connectivity index (χ2v) is 5.07. The first-order valence-electron chi connectivity index (χ1n) is 8.16. The van der Waals surface area contributed by atoms with Crippen molar-refractivity contribution in [2.24, 2.45) is 5.92 Å². The summed E-state index contributed by atoms with van der Waals surface area (Å²) in [5.41, 5.74) is 0. The van der Waals surface area contributed by atoms with Crippen LogP contribution in [0.5, 0.6) is 0 Å². The van der Waals surface area contributed by atoms with Crippen LogP contribution in [0.15, 0.2) is 12.7 Å². The van der Waals surface area contributed by atoms with Gasteiger partial charge in [0.15, 0.2) is 0 Å². The Hall–Kier alpha value is -0.380. The molecule has 0 N–H and O–H groups in total. The summed E-state index contributed by atoms with van der Waals surface area (Å²) in [5.74, 6) is -0.895. The fourth-order valence-corrected chi connectivity index (χ4v) is 2.51. The Kier molecular flexibility index (Phi) is 12.1. The smallest absolute Gasteiger partial charge is 0.289 e. The molecule has 0 amide bonds. The first kappa shape index (κ1) is 19.6. The van der Waals surface area contributed by atoms with Crippen LogP contribution in [0.25, 0.3) is 0 Å². The minimum atomic E-state index is -0.964. The van der Waals surface area contributed by atoms with E-state index < -0.39 is 5.97 Å². The first-order valence-corrected chi connectivity index (χ1v) is 8.16. The fraction of sp³-hybridized carbons (Fsp3) is 0.882. The molecule has 0 rings (SSSR count). The van der Waals surface area contributed by atoms with Crippen LogP contribution in [0.2, 0.25) is 0 Å². The second-order valence-electron chi connectivity index (χ2n) is 5.07.